The Balaban J connectivity index is 1.57. The number of hydrogen-bond acceptors (Lipinski definition) is 4. The molecule has 124 valence electrons. The van der Waals surface area contributed by atoms with E-state index >= 15 is 0 Å². The summed E-state index contributed by atoms with van der Waals surface area (Å²) < 4.78 is 10.6. The van der Waals surface area contributed by atoms with Gasteiger partial charge in [-0.3, -0.25) is 9.69 Å². The summed E-state index contributed by atoms with van der Waals surface area (Å²) in [6, 6.07) is 9.16. The van der Waals surface area contributed by atoms with Crippen LogP contribution >= 0.6 is 0 Å². The topological polar surface area (TPSA) is 59.1 Å². The van der Waals surface area contributed by atoms with Crippen LogP contribution in [-0.4, -0.2) is 60.7 Å². The van der Waals surface area contributed by atoms with Gasteiger partial charge in [0.1, 0.15) is 12.6 Å². The quantitative estimate of drug-likeness (QED) is 0.850. The lowest BCUT2D eigenvalue weighted by molar-refractivity contribution is -0.139. The largest absolute Gasteiger partial charge is 0.445 e. The van der Waals surface area contributed by atoms with Gasteiger partial charge in [-0.05, 0) is 18.4 Å². The molecule has 6 heteroatoms. The van der Waals surface area contributed by atoms with Crippen LogP contribution in [0.3, 0.4) is 0 Å². The van der Waals surface area contributed by atoms with E-state index in [-0.39, 0.29) is 12.5 Å². The molecule has 2 amide bonds. The van der Waals surface area contributed by atoms with Gasteiger partial charge in [0, 0.05) is 19.6 Å². The maximum Gasteiger partial charge on any atom is 0.410 e. The van der Waals surface area contributed by atoms with Gasteiger partial charge < -0.3 is 14.4 Å². The van der Waals surface area contributed by atoms with Crippen molar-refractivity contribution in [3.8, 4) is 0 Å². The Labute approximate surface area is 136 Å². The van der Waals surface area contributed by atoms with Crippen molar-refractivity contribution in [3.05, 3.63) is 35.9 Å². The zero-order valence-corrected chi connectivity index (χ0v) is 13.1. The summed E-state index contributed by atoms with van der Waals surface area (Å²) >= 11 is 0. The van der Waals surface area contributed by atoms with Crippen molar-refractivity contribution in [2.45, 2.75) is 25.5 Å². The summed E-state index contributed by atoms with van der Waals surface area (Å²) in [5, 5.41) is 0. The summed E-state index contributed by atoms with van der Waals surface area (Å²) in [6.45, 7) is 3.14. The fourth-order valence-electron chi connectivity index (χ4n) is 3.04. The molecule has 2 fully saturated rings. The molecule has 0 N–H and O–H groups in total. The number of benzene rings is 1. The third-order valence-electron chi connectivity index (χ3n) is 4.30. The molecule has 1 aromatic carbocycles. The molecule has 0 bridgehead atoms. The summed E-state index contributed by atoms with van der Waals surface area (Å²) in [7, 11) is 0. The number of morpholine rings is 1. The summed E-state index contributed by atoms with van der Waals surface area (Å²) in [5.41, 5.74) is 0.941. The molecule has 0 saturated carbocycles. The van der Waals surface area contributed by atoms with Crippen molar-refractivity contribution >= 4 is 12.0 Å². The van der Waals surface area contributed by atoms with Crippen LogP contribution in [0.5, 0.6) is 0 Å². The van der Waals surface area contributed by atoms with Crippen LogP contribution in [0.2, 0.25) is 0 Å². The summed E-state index contributed by atoms with van der Waals surface area (Å²) in [6.07, 6.45) is 1.13. The van der Waals surface area contributed by atoms with Crippen LogP contribution in [0.1, 0.15) is 18.4 Å². The highest BCUT2D eigenvalue weighted by Crippen LogP contribution is 2.21. The van der Waals surface area contributed by atoms with Gasteiger partial charge in [-0.2, -0.15) is 0 Å². The summed E-state index contributed by atoms with van der Waals surface area (Å²) in [5.74, 6) is 0.0162. The first-order valence-corrected chi connectivity index (χ1v) is 8.09. The monoisotopic (exact) mass is 318 g/mol. The first-order chi connectivity index (χ1) is 11.3. The van der Waals surface area contributed by atoms with Crippen molar-refractivity contribution < 1.29 is 19.1 Å². The van der Waals surface area contributed by atoms with E-state index in [1.54, 1.807) is 9.80 Å². The minimum absolute atomic E-state index is 0.0162. The Morgan fingerprint density at radius 1 is 1.13 bits per heavy atom. The molecule has 0 aliphatic carbocycles. The van der Waals surface area contributed by atoms with Crippen molar-refractivity contribution in [3.63, 3.8) is 0 Å². The van der Waals surface area contributed by atoms with E-state index in [9.17, 15) is 9.59 Å². The SMILES string of the molecule is O=C(C1CCCN1C(=O)OCc1ccccc1)N1CCOCC1. The smallest absolute Gasteiger partial charge is 0.410 e. The van der Waals surface area contributed by atoms with E-state index in [4.69, 9.17) is 9.47 Å². The van der Waals surface area contributed by atoms with E-state index in [2.05, 4.69) is 0 Å². The third kappa shape index (κ3) is 3.82. The highest BCUT2D eigenvalue weighted by molar-refractivity contribution is 5.86. The van der Waals surface area contributed by atoms with E-state index in [0.717, 1.165) is 12.0 Å². The number of carbonyl (C=O) groups is 2. The standard InChI is InChI=1S/C17H22N2O4/c20-16(18-9-11-22-12-10-18)15-7-4-8-19(15)17(21)23-13-14-5-2-1-3-6-14/h1-3,5-6,15H,4,7-13H2. The van der Waals surface area contributed by atoms with E-state index in [0.29, 0.717) is 39.3 Å². The van der Waals surface area contributed by atoms with Crippen LogP contribution in [0.4, 0.5) is 4.79 Å². The molecular weight excluding hydrogens is 296 g/mol. The van der Waals surface area contributed by atoms with E-state index in [1.165, 1.54) is 0 Å². The lowest BCUT2D eigenvalue weighted by atomic mass is 10.2. The van der Waals surface area contributed by atoms with Crippen LogP contribution in [0, 0.1) is 0 Å². The number of nitrogens with zero attached hydrogens (tertiary/aromatic N) is 2. The molecule has 2 aliphatic heterocycles. The average Bonchev–Trinajstić information content (AvgIpc) is 3.10. The molecule has 1 aromatic rings. The molecule has 0 spiro atoms. The molecule has 23 heavy (non-hydrogen) atoms. The van der Waals surface area contributed by atoms with Crippen molar-refractivity contribution in [1.82, 2.24) is 9.80 Å². The zero-order chi connectivity index (χ0) is 16.1. The maximum absolute atomic E-state index is 12.6. The normalized spacial score (nSPS) is 21.3. The fourth-order valence-corrected chi connectivity index (χ4v) is 3.04. The Bertz CT molecular complexity index is 543. The van der Waals surface area contributed by atoms with Gasteiger partial charge in [0.2, 0.25) is 5.91 Å². The minimum atomic E-state index is -0.405. The number of carbonyl (C=O) groups excluding carboxylic acids is 2. The van der Waals surface area contributed by atoms with E-state index in [1.807, 2.05) is 30.3 Å². The number of hydrogen-bond donors (Lipinski definition) is 0. The Hall–Kier alpha value is -2.08. The maximum atomic E-state index is 12.6. The van der Waals surface area contributed by atoms with Gasteiger partial charge in [0.25, 0.3) is 0 Å². The van der Waals surface area contributed by atoms with Crippen LogP contribution in [-0.2, 0) is 20.9 Å². The van der Waals surface area contributed by atoms with Gasteiger partial charge in [0.15, 0.2) is 0 Å². The Kier molecular flexibility index (Phi) is 5.12. The second-order valence-corrected chi connectivity index (χ2v) is 5.83. The highest BCUT2D eigenvalue weighted by atomic mass is 16.6. The zero-order valence-electron chi connectivity index (χ0n) is 13.1. The molecule has 6 nitrogen and oxygen atoms in total. The second kappa shape index (κ2) is 7.46. The van der Waals surface area contributed by atoms with Gasteiger partial charge >= 0.3 is 6.09 Å². The molecule has 1 unspecified atom stereocenters. The Morgan fingerprint density at radius 3 is 2.61 bits per heavy atom. The molecule has 0 aromatic heterocycles. The number of ether oxygens (including phenoxy) is 2. The van der Waals surface area contributed by atoms with E-state index < -0.39 is 12.1 Å². The van der Waals surface area contributed by atoms with Gasteiger partial charge in [0.05, 0.1) is 13.2 Å². The Morgan fingerprint density at radius 2 is 1.87 bits per heavy atom. The first-order valence-electron chi connectivity index (χ1n) is 8.09. The van der Waals surface area contributed by atoms with Crippen LogP contribution in [0.25, 0.3) is 0 Å². The van der Waals surface area contributed by atoms with Gasteiger partial charge in [-0.1, -0.05) is 30.3 Å². The lowest BCUT2D eigenvalue weighted by Crippen LogP contribution is -2.51. The average molecular weight is 318 g/mol. The first kappa shape index (κ1) is 15.8. The molecular formula is C17H22N2O4. The van der Waals surface area contributed by atoms with Crippen molar-refractivity contribution in [2.24, 2.45) is 0 Å². The van der Waals surface area contributed by atoms with Crippen molar-refractivity contribution in [2.75, 3.05) is 32.8 Å². The minimum Gasteiger partial charge on any atom is -0.445 e. The number of rotatable bonds is 3. The lowest BCUT2D eigenvalue weighted by Gasteiger charge is -2.32. The molecule has 3 rings (SSSR count). The predicted molar refractivity (Wildman–Crippen MR) is 83.8 cm³/mol. The van der Waals surface area contributed by atoms with Crippen LogP contribution < -0.4 is 0 Å². The number of amides is 2. The van der Waals surface area contributed by atoms with Crippen molar-refractivity contribution in [1.29, 1.82) is 0 Å². The molecule has 1 atom stereocenters. The van der Waals surface area contributed by atoms with Gasteiger partial charge in [-0.15, -0.1) is 0 Å². The van der Waals surface area contributed by atoms with Crippen LogP contribution in [0.15, 0.2) is 30.3 Å². The molecule has 2 heterocycles. The third-order valence-corrected chi connectivity index (χ3v) is 4.30. The second-order valence-electron chi connectivity index (χ2n) is 5.83. The highest BCUT2D eigenvalue weighted by Gasteiger charge is 2.37. The number of likely N-dealkylation sites (tertiary alicyclic amines) is 1. The fraction of sp³-hybridized carbons (Fsp3) is 0.529. The van der Waals surface area contributed by atoms with Gasteiger partial charge in [-0.25, -0.2) is 4.79 Å². The summed E-state index contributed by atoms with van der Waals surface area (Å²) in [4.78, 5) is 28.3. The molecule has 2 saturated heterocycles. The molecule has 2 aliphatic rings. The predicted octanol–water partition coefficient (Wildman–Crippen LogP) is 1.65. The molecule has 0 radical (unpaired) electrons.